The van der Waals surface area contributed by atoms with E-state index in [0.717, 1.165) is 6.07 Å². The predicted octanol–water partition coefficient (Wildman–Crippen LogP) is 2.86. The standard InChI is InChI=1S/C13H11ClFNO3/c1-3-13(12(17)18)7(2)11(16-19-13)8-4-9(14)6-10(15)5-8/h3-7H,1H2,2H3,(H,17,18). The van der Waals surface area contributed by atoms with Crippen molar-refractivity contribution in [3.63, 3.8) is 0 Å². The number of aliphatic carboxylic acids is 1. The summed E-state index contributed by atoms with van der Waals surface area (Å²) in [5.74, 6) is -2.33. The van der Waals surface area contributed by atoms with Crippen molar-refractivity contribution in [1.29, 1.82) is 0 Å². The topological polar surface area (TPSA) is 58.9 Å². The van der Waals surface area contributed by atoms with Gasteiger partial charge in [-0.1, -0.05) is 30.3 Å². The number of carboxylic acid groups (broad SMARTS) is 1. The Bertz CT molecular complexity index is 567. The maximum absolute atomic E-state index is 13.3. The molecular formula is C13H11ClFNO3. The first-order chi connectivity index (χ1) is 8.90. The van der Waals surface area contributed by atoms with Crippen LogP contribution in [0.3, 0.4) is 0 Å². The summed E-state index contributed by atoms with van der Waals surface area (Å²) in [4.78, 5) is 16.3. The van der Waals surface area contributed by atoms with Crippen LogP contribution in [0.2, 0.25) is 5.02 Å². The van der Waals surface area contributed by atoms with Crippen molar-refractivity contribution < 1.29 is 19.1 Å². The Morgan fingerprint density at radius 2 is 2.32 bits per heavy atom. The first kappa shape index (κ1) is 13.5. The van der Waals surface area contributed by atoms with Crippen LogP contribution in [0.4, 0.5) is 4.39 Å². The Morgan fingerprint density at radius 3 is 2.79 bits per heavy atom. The van der Waals surface area contributed by atoms with Gasteiger partial charge in [-0.15, -0.1) is 0 Å². The number of rotatable bonds is 3. The lowest BCUT2D eigenvalue weighted by atomic mass is 9.83. The van der Waals surface area contributed by atoms with Gasteiger partial charge < -0.3 is 9.94 Å². The molecule has 2 rings (SSSR count). The van der Waals surface area contributed by atoms with E-state index in [-0.39, 0.29) is 5.02 Å². The monoisotopic (exact) mass is 283 g/mol. The minimum atomic E-state index is -1.63. The number of benzene rings is 1. The second-order valence-electron chi connectivity index (χ2n) is 4.25. The molecule has 1 aromatic carbocycles. The van der Waals surface area contributed by atoms with Gasteiger partial charge in [0.15, 0.2) is 0 Å². The highest BCUT2D eigenvalue weighted by Gasteiger charge is 2.51. The number of halogens is 2. The lowest BCUT2D eigenvalue weighted by molar-refractivity contribution is -0.159. The van der Waals surface area contributed by atoms with Crippen molar-refractivity contribution >= 4 is 23.3 Å². The van der Waals surface area contributed by atoms with Crippen LogP contribution in [0.5, 0.6) is 0 Å². The molecule has 4 nitrogen and oxygen atoms in total. The molecule has 1 aromatic rings. The molecule has 1 aliphatic rings. The van der Waals surface area contributed by atoms with E-state index in [1.807, 2.05) is 0 Å². The van der Waals surface area contributed by atoms with Crippen molar-refractivity contribution in [3.8, 4) is 0 Å². The first-order valence-electron chi connectivity index (χ1n) is 5.50. The predicted molar refractivity (Wildman–Crippen MR) is 68.8 cm³/mol. The molecule has 6 heteroatoms. The third-order valence-corrected chi connectivity index (χ3v) is 3.36. The first-order valence-corrected chi connectivity index (χ1v) is 5.88. The average molecular weight is 284 g/mol. The molecular weight excluding hydrogens is 273 g/mol. The lowest BCUT2D eigenvalue weighted by Gasteiger charge is -2.22. The molecule has 0 saturated heterocycles. The molecule has 1 N–H and O–H groups in total. The fourth-order valence-corrected chi connectivity index (χ4v) is 2.24. The summed E-state index contributed by atoms with van der Waals surface area (Å²) in [5, 5.41) is 13.2. The van der Waals surface area contributed by atoms with Crippen molar-refractivity contribution in [1.82, 2.24) is 0 Å². The largest absolute Gasteiger partial charge is 0.478 e. The van der Waals surface area contributed by atoms with Crippen LogP contribution in [0.15, 0.2) is 36.0 Å². The molecule has 0 spiro atoms. The van der Waals surface area contributed by atoms with E-state index < -0.39 is 23.3 Å². The van der Waals surface area contributed by atoms with Gasteiger partial charge >= 0.3 is 5.97 Å². The van der Waals surface area contributed by atoms with E-state index in [2.05, 4.69) is 11.7 Å². The molecule has 1 aliphatic heterocycles. The summed E-state index contributed by atoms with van der Waals surface area (Å²) < 4.78 is 13.3. The molecule has 0 saturated carbocycles. The Morgan fingerprint density at radius 1 is 1.63 bits per heavy atom. The van der Waals surface area contributed by atoms with Crippen molar-refractivity contribution in [2.75, 3.05) is 0 Å². The molecule has 19 heavy (non-hydrogen) atoms. The second-order valence-corrected chi connectivity index (χ2v) is 4.69. The van der Waals surface area contributed by atoms with E-state index in [1.165, 1.54) is 18.2 Å². The smallest absolute Gasteiger partial charge is 0.355 e. The zero-order chi connectivity index (χ0) is 14.2. The zero-order valence-electron chi connectivity index (χ0n) is 10.1. The third-order valence-electron chi connectivity index (χ3n) is 3.14. The highest BCUT2D eigenvalue weighted by Crippen LogP contribution is 2.34. The fraction of sp³-hybridized carbons (Fsp3) is 0.231. The Balaban J connectivity index is 2.44. The summed E-state index contributed by atoms with van der Waals surface area (Å²) in [6.07, 6.45) is 1.18. The Kier molecular flexibility index (Phi) is 3.32. The quantitative estimate of drug-likeness (QED) is 0.868. The maximum atomic E-state index is 13.3. The van der Waals surface area contributed by atoms with Crippen LogP contribution >= 0.6 is 11.6 Å². The van der Waals surface area contributed by atoms with Crippen LogP contribution in [-0.4, -0.2) is 22.4 Å². The maximum Gasteiger partial charge on any atom is 0.355 e. The number of hydrogen-bond acceptors (Lipinski definition) is 3. The average Bonchev–Trinajstić information content (AvgIpc) is 2.66. The minimum Gasteiger partial charge on any atom is -0.478 e. The normalized spacial score (nSPS) is 25.6. The van der Waals surface area contributed by atoms with Gasteiger partial charge in [-0.05, 0) is 24.3 Å². The van der Waals surface area contributed by atoms with Gasteiger partial charge in [0.1, 0.15) is 5.82 Å². The van der Waals surface area contributed by atoms with Crippen molar-refractivity contribution in [2.24, 2.45) is 11.1 Å². The number of hydrogen-bond donors (Lipinski definition) is 1. The van der Waals surface area contributed by atoms with Gasteiger partial charge in [0.2, 0.25) is 0 Å². The van der Waals surface area contributed by atoms with Crippen LogP contribution in [0.25, 0.3) is 0 Å². The number of nitrogens with zero attached hydrogens (tertiary/aromatic N) is 1. The molecule has 100 valence electrons. The molecule has 0 amide bonds. The lowest BCUT2D eigenvalue weighted by Crippen LogP contribution is -2.43. The summed E-state index contributed by atoms with van der Waals surface area (Å²) in [5.41, 5.74) is -0.917. The molecule has 0 aromatic heterocycles. The van der Waals surface area contributed by atoms with E-state index in [0.29, 0.717) is 11.3 Å². The minimum absolute atomic E-state index is 0.205. The number of carbonyl (C=O) groups is 1. The molecule has 0 radical (unpaired) electrons. The van der Waals surface area contributed by atoms with Crippen LogP contribution in [-0.2, 0) is 9.63 Å². The van der Waals surface area contributed by atoms with Gasteiger partial charge in [0.05, 0.1) is 11.6 Å². The van der Waals surface area contributed by atoms with Gasteiger partial charge in [0.25, 0.3) is 5.60 Å². The van der Waals surface area contributed by atoms with Crippen molar-refractivity contribution in [3.05, 3.63) is 47.3 Å². The van der Waals surface area contributed by atoms with Crippen molar-refractivity contribution in [2.45, 2.75) is 12.5 Å². The molecule has 2 atom stereocenters. The summed E-state index contributed by atoms with van der Waals surface area (Å²) in [6, 6.07) is 3.89. The molecule has 0 fully saturated rings. The third kappa shape index (κ3) is 2.10. The van der Waals surface area contributed by atoms with Gasteiger partial charge in [-0.3, -0.25) is 0 Å². The van der Waals surface area contributed by atoms with Crippen LogP contribution in [0, 0.1) is 11.7 Å². The van der Waals surface area contributed by atoms with E-state index in [4.69, 9.17) is 16.4 Å². The molecule has 0 aliphatic carbocycles. The van der Waals surface area contributed by atoms with Gasteiger partial charge in [0, 0.05) is 10.6 Å². The van der Waals surface area contributed by atoms with E-state index in [9.17, 15) is 14.3 Å². The van der Waals surface area contributed by atoms with Gasteiger partial charge in [-0.2, -0.15) is 0 Å². The second kappa shape index (κ2) is 4.66. The molecule has 0 bridgehead atoms. The van der Waals surface area contributed by atoms with Crippen LogP contribution in [0.1, 0.15) is 12.5 Å². The van der Waals surface area contributed by atoms with E-state index >= 15 is 0 Å². The summed E-state index contributed by atoms with van der Waals surface area (Å²) in [6.45, 7) is 5.10. The van der Waals surface area contributed by atoms with E-state index in [1.54, 1.807) is 6.92 Å². The SMILES string of the molecule is C=CC1(C(=O)O)ON=C(c2cc(F)cc(Cl)c2)C1C. The number of oxime groups is 1. The highest BCUT2D eigenvalue weighted by molar-refractivity contribution is 6.31. The summed E-state index contributed by atoms with van der Waals surface area (Å²) in [7, 11) is 0. The molecule has 2 unspecified atom stereocenters. The Hall–Kier alpha value is -1.88. The fourth-order valence-electron chi connectivity index (χ4n) is 2.02. The molecule has 1 heterocycles. The zero-order valence-corrected chi connectivity index (χ0v) is 10.8. The van der Waals surface area contributed by atoms with Crippen LogP contribution < -0.4 is 0 Å². The Labute approximate surface area is 114 Å². The van der Waals surface area contributed by atoms with Gasteiger partial charge in [-0.25, -0.2) is 9.18 Å². The highest BCUT2D eigenvalue weighted by atomic mass is 35.5. The summed E-state index contributed by atoms with van der Waals surface area (Å²) >= 11 is 5.77. The number of carboxylic acids is 1.